The zero-order valence-electron chi connectivity index (χ0n) is 8.57. The first-order valence-corrected chi connectivity index (χ1v) is 5.33. The molecule has 0 aromatic carbocycles. The maximum atomic E-state index is 5.58. The van der Waals surface area contributed by atoms with Crippen LogP contribution in [0.2, 0.25) is 0 Å². The molecule has 1 aliphatic carbocycles. The van der Waals surface area contributed by atoms with E-state index in [-0.39, 0.29) is 0 Å². The first-order chi connectivity index (χ1) is 6.81. The van der Waals surface area contributed by atoms with Crippen molar-refractivity contribution in [1.82, 2.24) is 10.2 Å². The third kappa shape index (κ3) is 1.80. The molecule has 1 saturated carbocycles. The zero-order chi connectivity index (χ0) is 9.97. The van der Waals surface area contributed by atoms with E-state index in [9.17, 15) is 0 Å². The van der Waals surface area contributed by atoms with Crippen LogP contribution in [0.3, 0.4) is 0 Å². The second kappa shape index (κ2) is 4.09. The van der Waals surface area contributed by atoms with Gasteiger partial charge in [-0.1, -0.05) is 13.3 Å². The minimum Gasteiger partial charge on any atom is -0.425 e. The molecule has 1 aromatic heterocycles. The summed E-state index contributed by atoms with van der Waals surface area (Å²) in [6.07, 6.45) is 4.43. The van der Waals surface area contributed by atoms with Crippen LogP contribution in [0.1, 0.15) is 43.9 Å². The summed E-state index contributed by atoms with van der Waals surface area (Å²) in [5.41, 5.74) is 5.42. The molecule has 2 unspecified atom stereocenters. The molecular weight excluding hydrogens is 178 g/mol. The van der Waals surface area contributed by atoms with Crippen molar-refractivity contribution in [3.05, 3.63) is 11.8 Å². The Bertz CT molecular complexity index is 297. The Balaban J connectivity index is 2.08. The Hall–Kier alpha value is -0.900. The first kappa shape index (κ1) is 9.65. The molecule has 2 rings (SSSR count). The quantitative estimate of drug-likeness (QED) is 0.793. The van der Waals surface area contributed by atoms with Crippen LogP contribution in [0, 0.1) is 5.92 Å². The van der Waals surface area contributed by atoms with Crippen molar-refractivity contribution in [2.45, 2.75) is 38.5 Å². The molecule has 1 heterocycles. The predicted octanol–water partition coefficient (Wildman–Crippen LogP) is 1.47. The summed E-state index contributed by atoms with van der Waals surface area (Å²) in [6, 6.07) is 0. The lowest BCUT2D eigenvalue weighted by atomic mass is 9.98. The molecule has 0 spiro atoms. The van der Waals surface area contributed by atoms with Crippen molar-refractivity contribution in [3.8, 4) is 0 Å². The van der Waals surface area contributed by atoms with Crippen molar-refractivity contribution < 1.29 is 4.42 Å². The third-order valence-corrected chi connectivity index (χ3v) is 3.02. The van der Waals surface area contributed by atoms with E-state index < -0.39 is 0 Å². The van der Waals surface area contributed by atoms with Gasteiger partial charge in [-0.25, -0.2) is 0 Å². The maximum Gasteiger partial charge on any atom is 0.219 e. The van der Waals surface area contributed by atoms with Crippen molar-refractivity contribution in [1.29, 1.82) is 0 Å². The molecule has 14 heavy (non-hydrogen) atoms. The number of rotatable bonds is 3. The summed E-state index contributed by atoms with van der Waals surface area (Å²) in [5, 5.41) is 8.08. The van der Waals surface area contributed by atoms with Crippen LogP contribution in [-0.2, 0) is 6.42 Å². The molecule has 4 nitrogen and oxygen atoms in total. The second-order valence-electron chi connectivity index (χ2n) is 4.09. The number of aromatic nitrogens is 2. The Morgan fingerprint density at radius 3 is 2.93 bits per heavy atom. The normalized spacial score (nSPS) is 27.0. The van der Waals surface area contributed by atoms with Crippen molar-refractivity contribution in [2.75, 3.05) is 6.54 Å². The minimum absolute atomic E-state index is 0.481. The fraction of sp³-hybridized carbons (Fsp3) is 0.800. The van der Waals surface area contributed by atoms with Gasteiger partial charge < -0.3 is 10.2 Å². The smallest absolute Gasteiger partial charge is 0.219 e. The molecule has 0 radical (unpaired) electrons. The van der Waals surface area contributed by atoms with Gasteiger partial charge in [0.15, 0.2) is 0 Å². The van der Waals surface area contributed by atoms with Crippen LogP contribution in [0.4, 0.5) is 0 Å². The predicted molar refractivity (Wildman–Crippen MR) is 52.8 cm³/mol. The van der Waals surface area contributed by atoms with Crippen LogP contribution in [0.5, 0.6) is 0 Å². The fourth-order valence-electron chi connectivity index (χ4n) is 2.15. The average molecular weight is 195 g/mol. The number of nitrogens with zero attached hydrogens (tertiary/aromatic N) is 2. The van der Waals surface area contributed by atoms with E-state index >= 15 is 0 Å². The van der Waals surface area contributed by atoms with Crippen molar-refractivity contribution in [2.24, 2.45) is 11.7 Å². The summed E-state index contributed by atoms with van der Waals surface area (Å²) < 4.78 is 5.58. The molecule has 0 saturated heterocycles. The Labute approximate surface area is 83.9 Å². The molecule has 1 aliphatic rings. The zero-order valence-corrected chi connectivity index (χ0v) is 8.57. The van der Waals surface area contributed by atoms with Gasteiger partial charge in [0.05, 0.1) is 0 Å². The molecule has 2 N–H and O–H groups in total. The third-order valence-electron chi connectivity index (χ3n) is 3.02. The van der Waals surface area contributed by atoms with Crippen LogP contribution in [-0.4, -0.2) is 16.7 Å². The topological polar surface area (TPSA) is 64.9 Å². The van der Waals surface area contributed by atoms with Gasteiger partial charge >= 0.3 is 0 Å². The van der Waals surface area contributed by atoms with Gasteiger partial charge in [0.2, 0.25) is 11.8 Å². The molecule has 0 aliphatic heterocycles. The van der Waals surface area contributed by atoms with E-state index in [0.29, 0.717) is 30.7 Å². The van der Waals surface area contributed by atoms with Gasteiger partial charge in [-0.2, -0.15) is 0 Å². The fourth-order valence-corrected chi connectivity index (χ4v) is 2.15. The SMILES string of the molecule is CC1CCCC1c1nnc(CCN)o1. The van der Waals surface area contributed by atoms with E-state index in [0.717, 1.165) is 5.89 Å². The molecule has 1 aromatic rings. The van der Waals surface area contributed by atoms with Gasteiger partial charge in [0.1, 0.15) is 0 Å². The Morgan fingerprint density at radius 1 is 1.43 bits per heavy atom. The number of nitrogens with two attached hydrogens (primary N) is 1. The van der Waals surface area contributed by atoms with Gasteiger partial charge in [-0.3, -0.25) is 0 Å². The van der Waals surface area contributed by atoms with E-state index in [1.807, 2.05) is 0 Å². The molecule has 0 amide bonds. The summed E-state index contributed by atoms with van der Waals surface area (Å²) in [4.78, 5) is 0. The summed E-state index contributed by atoms with van der Waals surface area (Å²) in [7, 11) is 0. The highest BCUT2D eigenvalue weighted by Crippen LogP contribution is 2.38. The molecule has 4 heteroatoms. The van der Waals surface area contributed by atoms with E-state index in [1.54, 1.807) is 0 Å². The lowest BCUT2D eigenvalue weighted by Crippen LogP contribution is -2.03. The van der Waals surface area contributed by atoms with E-state index in [1.165, 1.54) is 19.3 Å². The maximum absolute atomic E-state index is 5.58. The summed E-state index contributed by atoms with van der Waals surface area (Å²) in [6.45, 7) is 2.83. The first-order valence-electron chi connectivity index (χ1n) is 5.33. The lowest BCUT2D eigenvalue weighted by molar-refractivity contribution is 0.381. The molecule has 1 fully saturated rings. The number of hydrogen-bond acceptors (Lipinski definition) is 4. The number of hydrogen-bond donors (Lipinski definition) is 1. The van der Waals surface area contributed by atoms with Gasteiger partial charge in [-0.05, 0) is 18.8 Å². The average Bonchev–Trinajstić information content (AvgIpc) is 2.74. The Morgan fingerprint density at radius 2 is 2.29 bits per heavy atom. The van der Waals surface area contributed by atoms with Crippen LogP contribution < -0.4 is 5.73 Å². The van der Waals surface area contributed by atoms with Crippen molar-refractivity contribution >= 4 is 0 Å². The van der Waals surface area contributed by atoms with Crippen molar-refractivity contribution in [3.63, 3.8) is 0 Å². The standard InChI is InChI=1S/C10H17N3O/c1-7-3-2-4-8(7)10-13-12-9(14-10)5-6-11/h7-8H,2-6,11H2,1H3. The monoisotopic (exact) mass is 195 g/mol. The van der Waals surface area contributed by atoms with Gasteiger partial charge in [-0.15, -0.1) is 10.2 Å². The molecule has 0 bridgehead atoms. The minimum atomic E-state index is 0.481. The van der Waals surface area contributed by atoms with E-state index in [4.69, 9.17) is 10.2 Å². The molecule has 2 atom stereocenters. The van der Waals surface area contributed by atoms with Gasteiger partial charge in [0, 0.05) is 18.9 Å². The highest BCUT2D eigenvalue weighted by Gasteiger charge is 2.29. The summed E-state index contributed by atoms with van der Waals surface area (Å²) >= 11 is 0. The lowest BCUT2D eigenvalue weighted by Gasteiger charge is -2.08. The highest BCUT2D eigenvalue weighted by atomic mass is 16.4. The van der Waals surface area contributed by atoms with Crippen LogP contribution in [0.25, 0.3) is 0 Å². The Kier molecular flexibility index (Phi) is 2.82. The molecule has 78 valence electrons. The van der Waals surface area contributed by atoms with E-state index in [2.05, 4.69) is 17.1 Å². The van der Waals surface area contributed by atoms with Crippen LogP contribution >= 0.6 is 0 Å². The molecular formula is C10H17N3O. The summed E-state index contributed by atoms with van der Waals surface area (Å²) in [5.74, 6) is 2.66. The highest BCUT2D eigenvalue weighted by molar-refractivity contribution is 4.97. The van der Waals surface area contributed by atoms with Gasteiger partial charge in [0.25, 0.3) is 0 Å². The second-order valence-corrected chi connectivity index (χ2v) is 4.09. The largest absolute Gasteiger partial charge is 0.425 e. The van der Waals surface area contributed by atoms with Crippen LogP contribution in [0.15, 0.2) is 4.42 Å².